The molecule has 0 spiro atoms. The molecule has 2 aromatic heterocycles. The monoisotopic (exact) mass is 708 g/mol. The smallest absolute Gasteiger partial charge is 0.128 e. The molecule has 5 heteroatoms. The zero-order valence-corrected chi connectivity index (χ0v) is 30.9. The second-order valence-corrected chi connectivity index (χ2v) is 15.1. The Labute approximate surface area is 310 Å². The Kier molecular flexibility index (Phi) is 8.43. The van der Waals surface area contributed by atoms with Gasteiger partial charge in [-0.15, -0.1) is 20.6 Å². The summed E-state index contributed by atoms with van der Waals surface area (Å²) in [7, 11) is 2.70. The molecule has 0 radical (unpaired) electrons. The Morgan fingerprint density at radius 2 is 1.52 bits per heavy atom. The van der Waals surface area contributed by atoms with E-state index < -0.39 is 0 Å². The van der Waals surface area contributed by atoms with E-state index in [4.69, 9.17) is 9.73 Å². The Bertz CT molecular complexity index is 2770. The van der Waals surface area contributed by atoms with Gasteiger partial charge >= 0.3 is 0 Å². The maximum Gasteiger partial charge on any atom is 0.128 e. The van der Waals surface area contributed by atoms with Gasteiger partial charge < -0.3 is 9.30 Å². The number of benzene rings is 6. The lowest BCUT2D eigenvalue weighted by Crippen LogP contribution is -2.14. The van der Waals surface area contributed by atoms with E-state index >= 15 is 0 Å². The zero-order valence-electron chi connectivity index (χ0n) is 28.9. The summed E-state index contributed by atoms with van der Waals surface area (Å²) >= 11 is 1.84. The summed E-state index contributed by atoms with van der Waals surface area (Å²) in [6, 6.07) is 49.2. The van der Waals surface area contributed by atoms with Gasteiger partial charge in [-0.3, -0.25) is 4.99 Å². The number of thiophene rings is 1. The van der Waals surface area contributed by atoms with Gasteiger partial charge in [0.05, 0.1) is 11.0 Å². The third-order valence-corrected chi connectivity index (χ3v) is 11.6. The molecule has 0 bridgehead atoms. The minimum absolute atomic E-state index is 0.0924. The van der Waals surface area contributed by atoms with Gasteiger partial charge in [0, 0.05) is 54.2 Å². The summed E-state index contributed by atoms with van der Waals surface area (Å²) in [5.41, 5.74) is 10.9. The van der Waals surface area contributed by atoms with Crippen molar-refractivity contribution in [3.05, 3.63) is 181 Å². The average molecular weight is 709 g/mol. The molecule has 3 nitrogen and oxygen atoms in total. The molecule has 2 aliphatic rings. The van der Waals surface area contributed by atoms with Gasteiger partial charge in [0.1, 0.15) is 18.5 Å². The highest BCUT2D eigenvalue weighted by Crippen LogP contribution is 2.46. The highest BCUT2D eigenvalue weighted by molar-refractivity contribution is 7.31. The van der Waals surface area contributed by atoms with Gasteiger partial charge in [0.25, 0.3) is 0 Å². The molecular formula is C47H37N2OPS. The van der Waals surface area contributed by atoms with Crippen molar-refractivity contribution >= 4 is 84.7 Å². The highest BCUT2D eigenvalue weighted by Gasteiger charge is 2.32. The van der Waals surface area contributed by atoms with Crippen molar-refractivity contribution in [2.45, 2.75) is 26.1 Å². The van der Waals surface area contributed by atoms with E-state index in [9.17, 15) is 0 Å². The minimum Gasteiger partial charge on any atom is -0.485 e. The predicted octanol–water partition coefficient (Wildman–Crippen LogP) is 12.8. The van der Waals surface area contributed by atoms with Crippen LogP contribution in [0.1, 0.15) is 35.6 Å². The molecule has 0 amide bonds. The standard InChI is InChI=1S/C33H26N2O.C14H11PS/c1-22(23-10-3-2-4-11-23)34-21-35-29-15-7-5-12-26(29)28-20-24(18-19-30(28)35)25-14-9-17-32-33(25)27-13-6-8-16-31(27)36-32;1-9(15)10-6-4-8-13-14(10)11-5-2-3-7-12(11)16-13/h2-16,18-20,32H,17,21H2,1H3;2-8H,1,15H2/b34-22+;. The van der Waals surface area contributed by atoms with Crippen molar-refractivity contribution in [1.82, 2.24) is 4.57 Å². The van der Waals surface area contributed by atoms with Crippen molar-refractivity contribution in [3.8, 4) is 5.75 Å². The fraction of sp³-hybridized carbons (Fsp3) is 0.0851. The van der Waals surface area contributed by atoms with Crippen molar-refractivity contribution < 1.29 is 4.74 Å². The summed E-state index contributed by atoms with van der Waals surface area (Å²) in [4.78, 5) is 4.96. The van der Waals surface area contributed by atoms with E-state index in [1.807, 2.05) is 23.5 Å². The van der Waals surface area contributed by atoms with Crippen molar-refractivity contribution in [3.63, 3.8) is 0 Å². The number of hydrogen-bond acceptors (Lipinski definition) is 3. The first-order valence-corrected chi connectivity index (χ1v) is 19.0. The van der Waals surface area contributed by atoms with Gasteiger partial charge in [0.15, 0.2) is 0 Å². The number of hydrogen-bond donors (Lipinski definition) is 0. The zero-order chi connectivity index (χ0) is 35.2. The van der Waals surface area contributed by atoms with Gasteiger partial charge in [-0.25, -0.2) is 0 Å². The predicted molar refractivity (Wildman–Crippen MR) is 228 cm³/mol. The summed E-state index contributed by atoms with van der Waals surface area (Å²) in [6.45, 7) is 6.70. The number of ether oxygens (including phenoxy) is 1. The maximum absolute atomic E-state index is 6.29. The van der Waals surface area contributed by atoms with Gasteiger partial charge in [-0.2, -0.15) is 0 Å². The molecule has 252 valence electrons. The Hall–Kier alpha value is -5.54. The summed E-state index contributed by atoms with van der Waals surface area (Å²) < 4.78 is 11.3. The van der Waals surface area contributed by atoms with E-state index in [0.29, 0.717) is 6.67 Å². The number of allylic oxidation sites excluding steroid dienone is 2. The van der Waals surface area contributed by atoms with Crippen LogP contribution in [-0.2, 0) is 6.67 Å². The second-order valence-electron chi connectivity index (χ2n) is 13.3. The molecule has 10 rings (SSSR count). The average Bonchev–Trinajstić information content (AvgIpc) is 3.87. The van der Waals surface area contributed by atoms with E-state index in [1.165, 1.54) is 69.8 Å². The number of para-hydroxylation sites is 2. The first-order valence-electron chi connectivity index (χ1n) is 17.6. The van der Waals surface area contributed by atoms with E-state index in [1.54, 1.807) is 0 Å². The Morgan fingerprint density at radius 3 is 2.38 bits per heavy atom. The molecule has 0 saturated carbocycles. The van der Waals surface area contributed by atoms with E-state index in [-0.39, 0.29) is 6.10 Å². The molecule has 1 aliphatic heterocycles. The number of aromatic nitrogens is 1. The van der Waals surface area contributed by atoms with Crippen LogP contribution in [0.15, 0.2) is 163 Å². The number of fused-ring (bicyclic) bond motifs is 9. The molecule has 0 saturated heterocycles. The van der Waals surface area contributed by atoms with Crippen LogP contribution in [0.4, 0.5) is 0 Å². The molecule has 8 aromatic rings. The topological polar surface area (TPSA) is 26.5 Å². The first-order chi connectivity index (χ1) is 25.5. The lowest BCUT2D eigenvalue weighted by molar-refractivity contribution is 0.279. The van der Waals surface area contributed by atoms with Crippen LogP contribution < -0.4 is 4.74 Å². The molecule has 3 heterocycles. The van der Waals surface area contributed by atoms with Crippen molar-refractivity contribution in [2.75, 3.05) is 0 Å². The van der Waals surface area contributed by atoms with Crippen LogP contribution in [0.5, 0.6) is 5.75 Å². The van der Waals surface area contributed by atoms with E-state index in [2.05, 4.69) is 167 Å². The largest absolute Gasteiger partial charge is 0.485 e. The molecule has 1 aliphatic carbocycles. The van der Waals surface area contributed by atoms with Crippen molar-refractivity contribution in [1.29, 1.82) is 0 Å². The van der Waals surface area contributed by atoms with Gasteiger partial charge in [0.2, 0.25) is 0 Å². The molecule has 0 fully saturated rings. The maximum atomic E-state index is 6.29. The van der Waals surface area contributed by atoms with Crippen LogP contribution >= 0.6 is 20.6 Å². The Morgan fingerprint density at radius 1 is 0.788 bits per heavy atom. The highest BCUT2D eigenvalue weighted by atomic mass is 32.1. The molecule has 0 N–H and O–H groups in total. The molecule has 52 heavy (non-hydrogen) atoms. The lowest BCUT2D eigenvalue weighted by Gasteiger charge is -2.19. The molecule has 6 aromatic carbocycles. The van der Waals surface area contributed by atoms with Crippen LogP contribution in [0, 0.1) is 0 Å². The van der Waals surface area contributed by atoms with Gasteiger partial charge in [-0.05, 0) is 70.9 Å². The third-order valence-electron chi connectivity index (χ3n) is 10.2. The number of rotatable bonds is 5. The van der Waals surface area contributed by atoms with Crippen molar-refractivity contribution in [2.24, 2.45) is 4.99 Å². The van der Waals surface area contributed by atoms with Gasteiger partial charge in [-0.1, -0.05) is 122 Å². The molecular weight excluding hydrogens is 672 g/mol. The number of aliphatic imine (C=N–C) groups is 1. The summed E-state index contributed by atoms with van der Waals surface area (Å²) in [5.74, 6) is 0.989. The second kappa shape index (κ2) is 13.5. The number of nitrogens with zero attached hydrogens (tertiary/aromatic N) is 2. The Balaban J connectivity index is 0.000000187. The van der Waals surface area contributed by atoms with Crippen LogP contribution in [0.25, 0.3) is 58.4 Å². The fourth-order valence-corrected chi connectivity index (χ4v) is 9.05. The summed E-state index contributed by atoms with van der Waals surface area (Å²) in [5, 5.41) is 6.23. The molecule has 2 atom stereocenters. The fourth-order valence-electron chi connectivity index (χ4n) is 7.68. The van der Waals surface area contributed by atoms with Crippen LogP contribution in [-0.4, -0.2) is 16.4 Å². The molecule has 2 unspecified atom stereocenters. The minimum atomic E-state index is 0.0924. The van der Waals surface area contributed by atoms with Crippen LogP contribution in [0.2, 0.25) is 0 Å². The van der Waals surface area contributed by atoms with Crippen LogP contribution in [0.3, 0.4) is 0 Å². The third kappa shape index (κ3) is 5.69. The quantitative estimate of drug-likeness (QED) is 0.129. The lowest BCUT2D eigenvalue weighted by atomic mass is 9.87. The summed E-state index contributed by atoms with van der Waals surface area (Å²) in [6.07, 6.45) is 5.51. The normalized spacial score (nSPS) is 15.1. The van der Waals surface area contributed by atoms with E-state index in [0.717, 1.165) is 28.8 Å². The SMILES string of the molecule is C/C(=N\Cn1c2ccccc2c2cc(C3=C4c5ccccc5OC4CC=C3)ccc21)c1ccccc1.C=C(P)c1cccc2sc3ccccc3c12. The first kappa shape index (κ1) is 32.4.